The van der Waals surface area contributed by atoms with Gasteiger partial charge in [0.1, 0.15) is 0 Å². The van der Waals surface area contributed by atoms with E-state index in [-0.39, 0.29) is 17.5 Å². The van der Waals surface area contributed by atoms with Crippen LogP contribution in [0.15, 0.2) is 29.2 Å². The van der Waals surface area contributed by atoms with E-state index in [0.29, 0.717) is 0 Å². The second kappa shape index (κ2) is 4.61. The first-order chi connectivity index (χ1) is 6.93. The number of hydrogen-bond donors (Lipinski definition) is 3. The normalized spacial score (nSPS) is 13.5. The van der Waals surface area contributed by atoms with Gasteiger partial charge in [0, 0.05) is 11.7 Å². The molecule has 0 saturated carbocycles. The molecule has 0 aliphatic rings. The lowest BCUT2D eigenvalue weighted by atomic mass is 10.3. The summed E-state index contributed by atoms with van der Waals surface area (Å²) in [5.74, 6) is 0. The molecule has 0 saturated heterocycles. The quantitative estimate of drug-likeness (QED) is 0.685. The van der Waals surface area contributed by atoms with Crippen LogP contribution in [0.3, 0.4) is 0 Å². The highest BCUT2D eigenvalue weighted by molar-refractivity contribution is 7.89. The molecular formula is C9H14N2O3S. The van der Waals surface area contributed by atoms with Gasteiger partial charge in [0.15, 0.2) is 0 Å². The molecule has 4 N–H and O–H groups in total. The molecule has 1 unspecified atom stereocenters. The van der Waals surface area contributed by atoms with Crippen molar-refractivity contribution < 1.29 is 13.5 Å². The average molecular weight is 230 g/mol. The molecule has 0 heterocycles. The summed E-state index contributed by atoms with van der Waals surface area (Å²) in [5, 5.41) is 16.7. The molecule has 6 heteroatoms. The molecule has 0 aliphatic carbocycles. The smallest absolute Gasteiger partial charge is 0.238 e. The predicted octanol–water partition coefficient (Wildman–Crippen LogP) is 0.127. The van der Waals surface area contributed by atoms with Crippen LogP contribution in [0.5, 0.6) is 0 Å². The molecule has 84 valence electrons. The number of sulfonamides is 1. The lowest BCUT2D eigenvalue weighted by Gasteiger charge is -2.12. The summed E-state index contributed by atoms with van der Waals surface area (Å²) in [7, 11) is -3.63. The summed E-state index contributed by atoms with van der Waals surface area (Å²) in [6.45, 7) is 1.82. The van der Waals surface area contributed by atoms with Crippen LogP contribution >= 0.6 is 0 Å². The van der Waals surface area contributed by atoms with E-state index in [1.54, 1.807) is 12.1 Å². The third kappa shape index (κ3) is 3.50. The minimum Gasteiger partial charge on any atom is -0.394 e. The maximum Gasteiger partial charge on any atom is 0.238 e. The number of rotatable bonds is 4. The van der Waals surface area contributed by atoms with E-state index in [1.807, 2.05) is 6.92 Å². The van der Waals surface area contributed by atoms with Gasteiger partial charge in [-0.1, -0.05) is 0 Å². The number of nitrogens with two attached hydrogens (primary N) is 1. The van der Waals surface area contributed by atoms with Crippen molar-refractivity contribution in [1.82, 2.24) is 0 Å². The van der Waals surface area contributed by atoms with Gasteiger partial charge in [-0.15, -0.1) is 0 Å². The van der Waals surface area contributed by atoms with Crippen molar-refractivity contribution in [2.75, 3.05) is 11.9 Å². The zero-order valence-corrected chi connectivity index (χ0v) is 9.16. The molecule has 0 amide bonds. The van der Waals surface area contributed by atoms with E-state index in [2.05, 4.69) is 5.32 Å². The highest BCUT2D eigenvalue weighted by Gasteiger charge is 2.07. The Labute approximate surface area is 89.0 Å². The highest BCUT2D eigenvalue weighted by Crippen LogP contribution is 2.13. The summed E-state index contributed by atoms with van der Waals surface area (Å²) in [6, 6.07) is 5.96. The van der Waals surface area contributed by atoms with Gasteiger partial charge in [-0.2, -0.15) is 0 Å². The van der Waals surface area contributed by atoms with Crippen LogP contribution in [0.2, 0.25) is 0 Å². The van der Waals surface area contributed by atoms with Gasteiger partial charge in [0.2, 0.25) is 10.0 Å². The van der Waals surface area contributed by atoms with Crippen LogP contribution < -0.4 is 10.5 Å². The molecule has 0 aliphatic heterocycles. The van der Waals surface area contributed by atoms with Crippen LogP contribution in [0.1, 0.15) is 6.92 Å². The molecule has 15 heavy (non-hydrogen) atoms. The Morgan fingerprint density at radius 2 is 1.93 bits per heavy atom. The van der Waals surface area contributed by atoms with Crippen molar-refractivity contribution in [3.05, 3.63) is 24.3 Å². The van der Waals surface area contributed by atoms with Gasteiger partial charge in [-0.3, -0.25) is 0 Å². The highest BCUT2D eigenvalue weighted by atomic mass is 32.2. The standard InChI is InChI=1S/C9H14N2O3S/c1-7(6-12)11-8-2-4-9(5-3-8)15(10,13)14/h2-5,7,11-12H,6H2,1H3,(H2,10,13,14). The van der Waals surface area contributed by atoms with E-state index < -0.39 is 10.0 Å². The Kier molecular flexibility index (Phi) is 3.67. The second-order valence-corrected chi connectivity index (χ2v) is 4.86. The largest absolute Gasteiger partial charge is 0.394 e. The summed E-state index contributed by atoms with van der Waals surface area (Å²) in [5.41, 5.74) is 0.740. The van der Waals surface area contributed by atoms with Crippen molar-refractivity contribution in [2.24, 2.45) is 5.14 Å². The number of aliphatic hydroxyl groups excluding tert-OH is 1. The zero-order valence-electron chi connectivity index (χ0n) is 8.34. The monoisotopic (exact) mass is 230 g/mol. The summed E-state index contributed by atoms with van der Waals surface area (Å²) < 4.78 is 21.9. The van der Waals surface area contributed by atoms with Gasteiger partial charge in [0.05, 0.1) is 11.5 Å². The minimum atomic E-state index is -3.63. The van der Waals surface area contributed by atoms with Gasteiger partial charge in [-0.25, -0.2) is 13.6 Å². The predicted molar refractivity (Wildman–Crippen MR) is 58.0 cm³/mol. The molecule has 1 atom stereocenters. The third-order valence-electron chi connectivity index (χ3n) is 1.87. The van der Waals surface area contributed by atoms with E-state index in [9.17, 15) is 8.42 Å². The van der Waals surface area contributed by atoms with E-state index in [0.717, 1.165) is 5.69 Å². The number of benzene rings is 1. The minimum absolute atomic E-state index is 0.0109. The van der Waals surface area contributed by atoms with Crippen molar-refractivity contribution in [3.63, 3.8) is 0 Å². The first-order valence-corrected chi connectivity index (χ1v) is 5.98. The van der Waals surface area contributed by atoms with Crippen LogP contribution in [0, 0.1) is 0 Å². The van der Waals surface area contributed by atoms with Crippen molar-refractivity contribution in [1.29, 1.82) is 0 Å². The molecular weight excluding hydrogens is 216 g/mol. The van der Waals surface area contributed by atoms with Gasteiger partial charge in [-0.05, 0) is 31.2 Å². The van der Waals surface area contributed by atoms with E-state index in [4.69, 9.17) is 10.2 Å². The van der Waals surface area contributed by atoms with Crippen LogP contribution in [0.4, 0.5) is 5.69 Å². The summed E-state index contributed by atoms with van der Waals surface area (Å²) >= 11 is 0. The van der Waals surface area contributed by atoms with E-state index >= 15 is 0 Å². The Morgan fingerprint density at radius 1 is 1.40 bits per heavy atom. The van der Waals surface area contributed by atoms with Crippen molar-refractivity contribution >= 4 is 15.7 Å². The molecule has 5 nitrogen and oxygen atoms in total. The first-order valence-electron chi connectivity index (χ1n) is 4.44. The number of anilines is 1. The van der Waals surface area contributed by atoms with Crippen molar-refractivity contribution in [2.45, 2.75) is 17.9 Å². The fourth-order valence-corrected chi connectivity index (χ4v) is 1.59. The topological polar surface area (TPSA) is 92.4 Å². The number of primary sulfonamides is 1. The molecule has 1 aromatic carbocycles. The Morgan fingerprint density at radius 3 is 2.33 bits per heavy atom. The fraction of sp³-hybridized carbons (Fsp3) is 0.333. The van der Waals surface area contributed by atoms with Crippen LogP contribution in [-0.4, -0.2) is 26.2 Å². The Balaban J connectivity index is 2.82. The average Bonchev–Trinajstić information content (AvgIpc) is 2.17. The SMILES string of the molecule is CC(CO)Nc1ccc(S(N)(=O)=O)cc1. The number of hydrogen-bond acceptors (Lipinski definition) is 4. The maximum atomic E-state index is 10.9. The molecule has 0 spiro atoms. The molecule has 1 aromatic rings. The second-order valence-electron chi connectivity index (χ2n) is 3.30. The number of nitrogens with one attached hydrogen (secondary N) is 1. The van der Waals surface area contributed by atoms with Crippen LogP contribution in [-0.2, 0) is 10.0 Å². The third-order valence-corrected chi connectivity index (χ3v) is 2.80. The molecule has 0 aromatic heterocycles. The molecule has 0 fully saturated rings. The van der Waals surface area contributed by atoms with Crippen LogP contribution in [0.25, 0.3) is 0 Å². The first kappa shape index (κ1) is 12.0. The summed E-state index contributed by atoms with van der Waals surface area (Å²) in [6.07, 6.45) is 0. The lowest BCUT2D eigenvalue weighted by molar-refractivity contribution is 0.281. The van der Waals surface area contributed by atoms with Crippen molar-refractivity contribution in [3.8, 4) is 0 Å². The molecule has 0 radical (unpaired) electrons. The maximum absolute atomic E-state index is 10.9. The van der Waals surface area contributed by atoms with E-state index in [1.165, 1.54) is 12.1 Å². The molecule has 1 rings (SSSR count). The summed E-state index contributed by atoms with van der Waals surface area (Å²) in [4.78, 5) is 0.0738. The Bertz CT molecular complexity index is 413. The molecule has 0 bridgehead atoms. The fourth-order valence-electron chi connectivity index (χ4n) is 1.07. The van der Waals surface area contributed by atoms with Gasteiger partial charge < -0.3 is 10.4 Å². The number of aliphatic hydroxyl groups is 1. The zero-order chi connectivity index (χ0) is 11.5. The van der Waals surface area contributed by atoms with Gasteiger partial charge in [0.25, 0.3) is 0 Å². The lowest BCUT2D eigenvalue weighted by Crippen LogP contribution is -2.19. The van der Waals surface area contributed by atoms with Gasteiger partial charge >= 0.3 is 0 Å². The Hall–Kier alpha value is -1.11.